The third kappa shape index (κ3) is 4.31. The summed E-state index contributed by atoms with van der Waals surface area (Å²) in [5.41, 5.74) is -0.160. The molecule has 0 aromatic heterocycles. The Morgan fingerprint density at radius 2 is 1.76 bits per heavy atom. The number of phosphoric acid groups is 1. The van der Waals surface area contributed by atoms with E-state index in [0.717, 1.165) is 32.1 Å². The van der Waals surface area contributed by atoms with Crippen molar-refractivity contribution in [2.45, 2.75) is 84.2 Å². The van der Waals surface area contributed by atoms with Gasteiger partial charge in [-0.3, -0.25) is 4.52 Å². The van der Waals surface area contributed by atoms with Crippen molar-refractivity contribution in [3.63, 3.8) is 0 Å². The zero-order valence-electron chi connectivity index (χ0n) is 13.7. The molecule has 4 nitrogen and oxygen atoms in total. The van der Waals surface area contributed by atoms with E-state index in [1.165, 1.54) is 25.7 Å². The predicted octanol–water partition coefficient (Wildman–Crippen LogP) is 4.65. The maximum atomic E-state index is 11.5. The van der Waals surface area contributed by atoms with Crippen molar-refractivity contribution >= 4 is 7.82 Å². The van der Waals surface area contributed by atoms with Crippen molar-refractivity contribution in [3.8, 4) is 0 Å². The lowest BCUT2D eigenvalue weighted by Gasteiger charge is -2.43. The van der Waals surface area contributed by atoms with Crippen molar-refractivity contribution in [2.24, 2.45) is 17.3 Å². The van der Waals surface area contributed by atoms with Gasteiger partial charge in [0.1, 0.15) is 0 Å². The van der Waals surface area contributed by atoms with Crippen LogP contribution < -0.4 is 0 Å². The minimum atomic E-state index is -4.42. The van der Waals surface area contributed by atoms with Crippen molar-refractivity contribution in [2.75, 3.05) is 0 Å². The molecule has 2 saturated carbocycles. The van der Waals surface area contributed by atoms with Crippen LogP contribution in [0.5, 0.6) is 0 Å². The summed E-state index contributed by atoms with van der Waals surface area (Å²) in [5.74, 6) is 0.889. The summed E-state index contributed by atoms with van der Waals surface area (Å²) in [7, 11) is -4.42. The lowest BCUT2D eigenvalue weighted by molar-refractivity contribution is -0.0379. The van der Waals surface area contributed by atoms with Crippen LogP contribution in [0.4, 0.5) is 0 Å². The van der Waals surface area contributed by atoms with Gasteiger partial charge < -0.3 is 9.79 Å². The van der Waals surface area contributed by atoms with Gasteiger partial charge in [0.25, 0.3) is 0 Å². The van der Waals surface area contributed by atoms with E-state index in [9.17, 15) is 14.4 Å². The molecule has 0 radical (unpaired) electrons. The first-order valence-corrected chi connectivity index (χ1v) is 9.97. The predicted molar refractivity (Wildman–Crippen MR) is 83.8 cm³/mol. The molecule has 2 N–H and O–H groups in total. The molecule has 21 heavy (non-hydrogen) atoms. The first-order valence-electron chi connectivity index (χ1n) is 8.44. The lowest BCUT2D eigenvalue weighted by atomic mass is 9.66. The summed E-state index contributed by atoms with van der Waals surface area (Å²) in [6.45, 7) is 6.72. The third-order valence-electron chi connectivity index (χ3n) is 5.72. The smallest absolute Gasteiger partial charge is 0.303 e. The van der Waals surface area contributed by atoms with Crippen LogP contribution in [0.25, 0.3) is 0 Å². The van der Waals surface area contributed by atoms with Gasteiger partial charge in [0.2, 0.25) is 0 Å². The highest BCUT2D eigenvalue weighted by atomic mass is 31.2. The lowest BCUT2D eigenvalue weighted by Crippen LogP contribution is -2.41. The molecule has 5 heteroatoms. The summed E-state index contributed by atoms with van der Waals surface area (Å²) in [4.78, 5) is 18.7. The van der Waals surface area contributed by atoms with Gasteiger partial charge in [0.05, 0.1) is 5.60 Å². The summed E-state index contributed by atoms with van der Waals surface area (Å²) in [6.07, 6.45) is 9.35. The summed E-state index contributed by atoms with van der Waals surface area (Å²) in [6, 6.07) is 0. The van der Waals surface area contributed by atoms with Crippen LogP contribution in [0.15, 0.2) is 0 Å². The zero-order chi connectivity index (χ0) is 15.7. The molecule has 0 spiro atoms. The van der Waals surface area contributed by atoms with E-state index in [2.05, 4.69) is 20.8 Å². The summed E-state index contributed by atoms with van der Waals surface area (Å²) < 4.78 is 16.9. The Morgan fingerprint density at radius 3 is 2.29 bits per heavy atom. The topological polar surface area (TPSA) is 66.8 Å². The highest BCUT2D eigenvalue weighted by Crippen LogP contribution is 2.56. The molecule has 2 unspecified atom stereocenters. The molecular formula is C16H31O4P. The Labute approximate surface area is 128 Å². The van der Waals surface area contributed by atoms with Crippen molar-refractivity contribution in [1.29, 1.82) is 0 Å². The monoisotopic (exact) mass is 318 g/mol. The van der Waals surface area contributed by atoms with E-state index in [-0.39, 0.29) is 0 Å². The van der Waals surface area contributed by atoms with E-state index in [4.69, 9.17) is 4.52 Å². The molecule has 2 rings (SSSR count). The molecule has 0 heterocycles. The minimum Gasteiger partial charge on any atom is -0.303 e. The van der Waals surface area contributed by atoms with E-state index < -0.39 is 13.4 Å². The number of hydrogen-bond donors (Lipinski definition) is 2. The molecule has 0 aromatic carbocycles. The average Bonchev–Trinajstić information content (AvgIpc) is 2.71. The van der Waals surface area contributed by atoms with E-state index in [0.29, 0.717) is 17.3 Å². The van der Waals surface area contributed by atoms with Gasteiger partial charge in [-0.25, -0.2) is 4.57 Å². The van der Waals surface area contributed by atoms with Gasteiger partial charge in [-0.2, -0.15) is 0 Å². The van der Waals surface area contributed by atoms with Gasteiger partial charge in [0.15, 0.2) is 0 Å². The fraction of sp³-hybridized carbons (Fsp3) is 1.00. The normalized spacial score (nSPS) is 34.2. The van der Waals surface area contributed by atoms with Gasteiger partial charge in [0, 0.05) is 0 Å². The highest BCUT2D eigenvalue weighted by molar-refractivity contribution is 7.46. The number of rotatable bonds is 5. The quantitative estimate of drug-likeness (QED) is 0.724. The van der Waals surface area contributed by atoms with Crippen LogP contribution in [0.1, 0.15) is 78.6 Å². The fourth-order valence-corrected chi connectivity index (χ4v) is 5.48. The minimum absolute atomic E-state index is 0.321. The SMILES string of the molecule is CCCC1(OP(=O)(O)O)CCCC1C1CCC(C)(C)CC1. The van der Waals surface area contributed by atoms with Gasteiger partial charge >= 0.3 is 7.82 Å². The molecule has 2 atom stereocenters. The van der Waals surface area contributed by atoms with Crippen LogP contribution in [0.2, 0.25) is 0 Å². The largest absolute Gasteiger partial charge is 0.470 e. The van der Waals surface area contributed by atoms with Crippen LogP contribution in [-0.2, 0) is 9.09 Å². The second kappa shape index (κ2) is 6.31. The third-order valence-corrected chi connectivity index (χ3v) is 6.32. The van der Waals surface area contributed by atoms with Crippen LogP contribution in [0, 0.1) is 17.3 Å². The van der Waals surface area contributed by atoms with Crippen molar-refractivity contribution in [3.05, 3.63) is 0 Å². The van der Waals surface area contributed by atoms with Crippen molar-refractivity contribution in [1.82, 2.24) is 0 Å². The van der Waals surface area contributed by atoms with Gasteiger partial charge in [-0.1, -0.05) is 33.6 Å². The number of phosphoric ester groups is 1. The molecule has 0 aromatic rings. The molecule has 0 amide bonds. The van der Waals surface area contributed by atoms with Gasteiger partial charge in [-0.15, -0.1) is 0 Å². The second-order valence-corrected chi connectivity index (χ2v) is 9.06. The molecule has 2 aliphatic carbocycles. The standard InChI is InChI=1S/C16H31O4P/c1-4-9-16(20-21(17,18)19)10-5-6-14(16)13-7-11-15(2,3)12-8-13/h13-14H,4-12H2,1-3H3,(H2,17,18,19). The molecule has 0 saturated heterocycles. The summed E-state index contributed by atoms with van der Waals surface area (Å²) in [5, 5.41) is 0. The van der Waals surface area contributed by atoms with E-state index in [1.807, 2.05) is 0 Å². The maximum absolute atomic E-state index is 11.5. The Bertz CT molecular complexity index is 393. The first kappa shape index (κ1) is 17.5. The van der Waals surface area contributed by atoms with E-state index in [1.54, 1.807) is 0 Å². The Balaban J connectivity index is 2.14. The molecule has 0 aliphatic heterocycles. The highest BCUT2D eigenvalue weighted by Gasteiger charge is 2.50. The molecular weight excluding hydrogens is 287 g/mol. The Kier molecular flexibility index (Phi) is 5.25. The first-order chi connectivity index (χ1) is 9.68. The summed E-state index contributed by atoms with van der Waals surface area (Å²) >= 11 is 0. The van der Waals surface area contributed by atoms with Crippen molar-refractivity contribution < 1.29 is 18.9 Å². The molecule has 2 fully saturated rings. The Hall–Kier alpha value is 0.110. The van der Waals surface area contributed by atoms with Crippen LogP contribution in [-0.4, -0.2) is 15.4 Å². The maximum Gasteiger partial charge on any atom is 0.470 e. The fourth-order valence-electron chi connectivity index (χ4n) is 4.69. The molecule has 0 bridgehead atoms. The average molecular weight is 318 g/mol. The number of hydrogen-bond acceptors (Lipinski definition) is 2. The molecule has 2 aliphatic rings. The Morgan fingerprint density at radius 1 is 1.14 bits per heavy atom. The zero-order valence-corrected chi connectivity index (χ0v) is 14.6. The second-order valence-electron chi connectivity index (χ2n) is 7.90. The molecule has 124 valence electrons. The van der Waals surface area contributed by atoms with E-state index >= 15 is 0 Å². The van der Waals surface area contributed by atoms with Gasteiger partial charge in [-0.05, 0) is 62.2 Å². The van der Waals surface area contributed by atoms with Crippen LogP contribution >= 0.6 is 7.82 Å². The van der Waals surface area contributed by atoms with Crippen LogP contribution in [0.3, 0.4) is 0 Å².